The van der Waals surface area contributed by atoms with Crippen LogP contribution in [-0.2, 0) is 9.53 Å². The lowest BCUT2D eigenvalue weighted by atomic mass is 10.2. The Bertz CT molecular complexity index is 738. The molecule has 0 radical (unpaired) electrons. The minimum atomic E-state index is -0.644. The van der Waals surface area contributed by atoms with E-state index in [1.165, 1.54) is 26.4 Å². The summed E-state index contributed by atoms with van der Waals surface area (Å²) in [4.78, 5) is 23.7. The minimum Gasteiger partial charge on any atom is -0.497 e. The molecular weight excluding hydrogens is 312 g/mol. The van der Waals surface area contributed by atoms with Crippen LogP contribution in [0, 0.1) is 6.92 Å². The van der Waals surface area contributed by atoms with Gasteiger partial charge >= 0.3 is 11.9 Å². The Morgan fingerprint density at radius 1 is 1.00 bits per heavy atom. The summed E-state index contributed by atoms with van der Waals surface area (Å²) in [6.45, 7) is 1.63. The minimum absolute atomic E-state index is 0.0547. The molecule has 0 saturated heterocycles. The fourth-order valence-electron chi connectivity index (χ4n) is 1.99. The standard InChI is InChI=1S/C18H18O6/c1-12-5-4-6-14(9-12)23-11-17(19)24-16-10-13(21-2)7-8-15(16)18(20)22-3/h4-10H,11H2,1-3H3. The lowest BCUT2D eigenvalue weighted by Gasteiger charge is -2.11. The van der Waals surface area contributed by atoms with E-state index in [-0.39, 0.29) is 17.9 Å². The van der Waals surface area contributed by atoms with Crippen LogP contribution in [0.3, 0.4) is 0 Å². The second kappa shape index (κ2) is 8.01. The average Bonchev–Trinajstić information content (AvgIpc) is 2.59. The molecule has 2 rings (SSSR count). The maximum absolute atomic E-state index is 12.0. The number of methoxy groups -OCH3 is 2. The van der Waals surface area contributed by atoms with Crippen LogP contribution in [0.5, 0.6) is 17.2 Å². The predicted molar refractivity (Wildman–Crippen MR) is 86.6 cm³/mol. The first-order valence-corrected chi connectivity index (χ1v) is 7.20. The molecule has 0 N–H and O–H groups in total. The van der Waals surface area contributed by atoms with E-state index in [1.807, 2.05) is 19.1 Å². The highest BCUT2D eigenvalue weighted by Gasteiger charge is 2.17. The van der Waals surface area contributed by atoms with Gasteiger partial charge in [0.25, 0.3) is 0 Å². The number of aryl methyl sites for hydroxylation is 1. The summed E-state index contributed by atoms with van der Waals surface area (Å²) in [5.74, 6) is -0.190. The quantitative estimate of drug-likeness (QED) is 0.599. The molecule has 24 heavy (non-hydrogen) atoms. The molecule has 0 aliphatic heterocycles. The summed E-state index contributed by atoms with van der Waals surface area (Å²) >= 11 is 0. The van der Waals surface area contributed by atoms with Crippen molar-refractivity contribution < 1.29 is 28.5 Å². The van der Waals surface area contributed by atoms with Crippen molar-refractivity contribution in [1.82, 2.24) is 0 Å². The molecule has 126 valence electrons. The van der Waals surface area contributed by atoms with Crippen LogP contribution < -0.4 is 14.2 Å². The van der Waals surface area contributed by atoms with Crippen LogP contribution in [0.2, 0.25) is 0 Å². The number of benzene rings is 2. The molecule has 6 heteroatoms. The van der Waals surface area contributed by atoms with Gasteiger partial charge in [-0.15, -0.1) is 0 Å². The van der Waals surface area contributed by atoms with Crippen LogP contribution >= 0.6 is 0 Å². The van der Waals surface area contributed by atoms with Crippen molar-refractivity contribution in [2.75, 3.05) is 20.8 Å². The highest BCUT2D eigenvalue weighted by molar-refractivity contribution is 5.93. The topological polar surface area (TPSA) is 71.1 Å². The van der Waals surface area contributed by atoms with Gasteiger partial charge < -0.3 is 18.9 Å². The zero-order valence-corrected chi connectivity index (χ0v) is 13.7. The number of rotatable bonds is 6. The van der Waals surface area contributed by atoms with Crippen molar-refractivity contribution >= 4 is 11.9 Å². The van der Waals surface area contributed by atoms with Crippen molar-refractivity contribution in [3.05, 3.63) is 53.6 Å². The number of esters is 2. The predicted octanol–water partition coefficient (Wildman–Crippen LogP) is 2.77. The van der Waals surface area contributed by atoms with Gasteiger partial charge in [-0.1, -0.05) is 12.1 Å². The first kappa shape index (κ1) is 17.3. The Hall–Kier alpha value is -3.02. The van der Waals surface area contributed by atoms with Crippen LogP contribution in [0.25, 0.3) is 0 Å². The van der Waals surface area contributed by atoms with Gasteiger partial charge in [0.1, 0.15) is 22.8 Å². The second-order valence-electron chi connectivity index (χ2n) is 4.93. The van der Waals surface area contributed by atoms with E-state index in [0.29, 0.717) is 11.5 Å². The molecule has 6 nitrogen and oxygen atoms in total. The molecule has 0 spiro atoms. The lowest BCUT2D eigenvalue weighted by Crippen LogP contribution is -2.19. The summed E-state index contributed by atoms with van der Waals surface area (Å²) in [6, 6.07) is 11.8. The van der Waals surface area contributed by atoms with Gasteiger partial charge in [0.2, 0.25) is 0 Å². The molecule has 0 aliphatic carbocycles. The fraction of sp³-hybridized carbons (Fsp3) is 0.222. The Balaban J connectivity index is 2.08. The number of hydrogen-bond donors (Lipinski definition) is 0. The molecule has 0 fully saturated rings. The zero-order chi connectivity index (χ0) is 17.5. The lowest BCUT2D eigenvalue weighted by molar-refractivity contribution is -0.136. The first-order valence-electron chi connectivity index (χ1n) is 7.20. The Labute approximate surface area is 139 Å². The Morgan fingerprint density at radius 3 is 2.46 bits per heavy atom. The third-order valence-electron chi connectivity index (χ3n) is 3.16. The van der Waals surface area contributed by atoms with Crippen molar-refractivity contribution in [3.63, 3.8) is 0 Å². The summed E-state index contributed by atoms with van der Waals surface area (Å²) in [5.41, 5.74) is 1.14. The van der Waals surface area contributed by atoms with E-state index in [9.17, 15) is 9.59 Å². The van der Waals surface area contributed by atoms with Gasteiger partial charge in [-0.05, 0) is 36.8 Å². The molecule has 2 aromatic rings. The highest BCUT2D eigenvalue weighted by atomic mass is 16.6. The van der Waals surface area contributed by atoms with Crippen molar-refractivity contribution in [2.45, 2.75) is 6.92 Å². The van der Waals surface area contributed by atoms with Crippen LogP contribution in [0.15, 0.2) is 42.5 Å². The monoisotopic (exact) mass is 330 g/mol. The first-order chi connectivity index (χ1) is 11.5. The SMILES string of the molecule is COC(=O)c1ccc(OC)cc1OC(=O)COc1cccc(C)c1. The van der Waals surface area contributed by atoms with E-state index in [0.717, 1.165) is 5.56 Å². The number of carbonyl (C=O) groups is 2. The molecule has 0 heterocycles. The number of carbonyl (C=O) groups excluding carboxylic acids is 2. The normalized spacial score (nSPS) is 9.96. The average molecular weight is 330 g/mol. The molecule has 0 amide bonds. The molecule has 0 unspecified atom stereocenters. The third-order valence-corrected chi connectivity index (χ3v) is 3.16. The van der Waals surface area contributed by atoms with Gasteiger partial charge in [0, 0.05) is 6.07 Å². The fourth-order valence-corrected chi connectivity index (χ4v) is 1.99. The molecule has 2 aromatic carbocycles. The smallest absolute Gasteiger partial charge is 0.349 e. The molecular formula is C18H18O6. The van der Waals surface area contributed by atoms with E-state index >= 15 is 0 Å². The summed E-state index contributed by atoms with van der Waals surface area (Å²) in [6.07, 6.45) is 0. The van der Waals surface area contributed by atoms with E-state index < -0.39 is 11.9 Å². The van der Waals surface area contributed by atoms with Gasteiger partial charge in [0.05, 0.1) is 14.2 Å². The van der Waals surface area contributed by atoms with E-state index in [1.54, 1.807) is 18.2 Å². The maximum Gasteiger partial charge on any atom is 0.349 e. The summed E-state index contributed by atoms with van der Waals surface area (Å²) in [7, 11) is 2.72. The largest absolute Gasteiger partial charge is 0.497 e. The second-order valence-corrected chi connectivity index (χ2v) is 4.93. The Morgan fingerprint density at radius 2 is 1.79 bits per heavy atom. The van der Waals surface area contributed by atoms with E-state index in [4.69, 9.17) is 14.2 Å². The van der Waals surface area contributed by atoms with Gasteiger partial charge in [-0.25, -0.2) is 9.59 Å². The molecule has 0 aromatic heterocycles. The molecule has 0 atom stereocenters. The van der Waals surface area contributed by atoms with Gasteiger partial charge in [-0.3, -0.25) is 0 Å². The Kier molecular flexibility index (Phi) is 5.78. The van der Waals surface area contributed by atoms with Crippen LogP contribution in [0.1, 0.15) is 15.9 Å². The van der Waals surface area contributed by atoms with Crippen molar-refractivity contribution in [2.24, 2.45) is 0 Å². The maximum atomic E-state index is 12.0. The van der Waals surface area contributed by atoms with Gasteiger partial charge in [-0.2, -0.15) is 0 Å². The van der Waals surface area contributed by atoms with Gasteiger partial charge in [0.15, 0.2) is 6.61 Å². The number of hydrogen-bond acceptors (Lipinski definition) is 6. The molecule has 0 saturated carbocycles. The molecule has 0 bridgehead atoms. The van der Waals surface area contributed by atoms with Crippen LogP contribution in [-0.4, -0.2) is 32.8 Å². The van der Waals surface area contributed by atoms with Crippen molar-refractivity contribution in [3.8, 4) is 17.2 Å². The molecule has 0 aliphatic rings. The summed E-state index contributed by atoms with van der Waals surface area (Å²) < 4.78 is 20.3. The highest BCUT2D eigenvalue weighted by Crippen LogP contribution is 2.25. The third kappa shape index (κ3) is 4.49. The zero-order valence-electron chi connectivity index (χ0n) is 13.7. The number of ether oxygens (including phenoxy) is 4. The van der Waals surface area contributed by atoms with Crippen molar-refractivity contribution in [1.29, 1.82) is 0 Å². The summed E-state index contributed by atoms with van der Waals surface area (Å²) in [5, 5.41) is 0. The van der Waals surface area contributed by atoms with Crippen LogP contribution in [0.4, 0.5) is 0 Å². The van der Waals surface area contributed by atoms with E-state index in [2.05, 4.69) is 4.74 Å².